The van der Waals surface area contributed by atoms with Crippen molar-refractivity contribution in [3.63, 3.8) is 0 Å². The van der Waals surface area contributed by atoms with E-state index in [2.05, 4.69) is 61.1 Å². The van der Waals surface area contributed by atoms with Crippen molar-refractivity contribution >= 4 is 0 Å². The highest BCUT2D eigenvalue weighted by molar-refractivity contribution is 5.64. The van der Waals surface area contributed by atoms with Crippen LogP contribution in [-0.2, 0) is 13.5 Å². The number of aryl methyl sites for hydroxylation is 2. The SMILES string of the molecule is Cc1ccccc1-c1c(CC2CCCCC2)ccc[n+]1C. The number of hydrogen-bond acceptors (Lipinski definition) is 0. The molecule has 0 radical (unpaired) electrons. The van der Waals surface area contributed by atoms with Gasteiger partial charge in [0.05, 0.1) is 0 Å². The van der Waals surface area contributed by atoms with Gasteiger partial charge in [-0.25, -0.2) is 4.57 Å². The summed E-state index contributed by atoms with van der Waals surface area (Å²) >= 11 is 0. The van der Waals surface area contributed by atoms with Crippen LogP contribution in [0.1, 0.15) is 43.2 Å². The van der Waals surface area contributed by atoms with E-state index in [1.54, 1.807) is 0 Å². The van der Waals surface area contributed by atoms with Crippen LogP contribution >= 0.6 is 0 Å². The maximum atomic E-state index is 2.33. The van der Waals surface area contributed by atoms with Gasteiger partial charge in [-0.05, 0) is 37.0 Å². The van der Waals surface area contributed by atoms with Gasteiger partial charge in [0.25, 0.3) is 0 Å². The third kappa shape index (κ3) is 3.18. The quantitative estimate of drug-likeness (QED) is 0.723. The van der Waals surface area contributed by atoms with Gasteiger partial charge >= 0.3 is 0 Å². The summed E-state index contributed by atoms with van der Waals surface area (Å²) in [5.74, 6) is 0.879. The molecule has 1 aliphatic rings. The number of hydrogen-bond donors (Lipinski definition) is 0. The lowest BCUT2D eigenvalue weighted by Crippen LogP contribution is -2.32. The molecule has 1 heteroatoms. The first-order valence-corrected chi connectivity index (χ1v) is 8.29. The molecule has 0 amide bonds. The van der Waals surface area contributed by atoms with Crippen molar-refractivity contribution in [2.24, 2.45) is 13.0 Å². The van der Waals surface area contributed by atoms with Gasteiger partial charge in [0.2, 0.25) is 5.69 Å². The van der Waals surface area contributed by atoms with E-state index < -0.39 is 0 Å². The normalized spacial score (nSPS) is 16.1. The van der Waals surface area contributed by atoms with Crippen LogP contribution in [-0.4, -0.2) is 0 Å². The summed E-state index contributed by atoms with van der Waals surface area (Å²) < 4.78 is 2.29. The predicted octanol–water partition coefficient (Wildman–Crippen LogP) is 4.61. The van der Waals surface area contributed by atoms with E-state index in [0.717, 1.165) is 5.92 Å². The first-order valence-electron chi connectivity index (χ1n) is 8.29. The van der Waals surface area contributed by atoms with E-state index in [4.69, 9.17) is 0 Å². The van der Waals surface area contributed by atoms with E-state index in [-0.39, 0.29) is 0 Å². The minimum Gasteiger partial charge on any atom is -0.201 e. The molecule has 1 aliphatic carbocycles. The maximum absolute atomic E-state index is 2.33. The third-order valence-electron chi connectivity index (χ3n) is 4.90. The Hall–Kier alpha value is -1.63. The summed E-state index contributed by atoms with van der Waals surface area (Å²) in [6.45, 7) is 2.22. The standard InChI is InChI=1S/C20H26N/c1-16-9-6-7-13-19(16)20-18(12-8-14-21(20)2)15-17-10-4-3-5-11-17/h6-9,12-14,17H,3-5,10-11,15H2,1-2H3/q+1. The number of pyridine rings is 1. The second-order valence-electron chi connectivity index (χ2n) is 6.52. The summed E-state index contributed by atoms with van der Waals surface area (Å²) in [4.78, 5) is 0. The van der Waals surface area contributed by atoms with Crippen molar-refractivity contribution in [2.45, 2.75) is 45.4 Å². The molecule has 1 fully saturated rings. The Morgan fingerprint density at radius 3 is 2.52 bits per heavy atom. The minimum atomic E-state index is 0.879. The molecule has 110 valence electrons. The van der Waals surface area contributed by atoms with Crippen LogP contribution in [0.15, 0.2) is 42.6 Å². The molecular weight excluding hydrogens is 254 g/mol. The molecule has 0 aliphatic heterocycles. The second-order valence-corrected chi connectivity index (χ2v) is 6.52. The average Bonchev–Trinajstić information content (AvgIpc) is 2.50. The van der Waals surface area contributed by atoms with Crippen molar-refractivity contribution in [3.8, 4) is 11.3 Å². The van der Waals surface area contributed by atoms with Crippen molar-refractivity contribution < 1.29 is 4.57 Å². The van der Waals surface area contributed by atoms with E-state index in [1.165, 1.54) is 60.9 Å². The van der Waals surface area contributed by atoms with Crippen molar-refractivity contribution in [3.05, 3.63) is 53.7 Å². The van der Waals surface area contributed by atoms with Crippen LogP contribution in [0.3, 0.4) is 0 Å². The third-order valence-corrected chi connectivity index (χ3v) is 4.90. The largest absolute Gasteiger partial charge is 0.215 e. The van der Waals surface area contributed by atoms with Gasteiger partial charge < -0.3 is 0 Å². The number of nitrogens with zero attached hydrogens (tertiary/aromatic N) is 1. The van der Waals surface area contributed by atoms with Gasteiger partial charge in [0, 0.05) is 17.2 Å². The van der Waals surface area contributed by atoms with Gasteiger partial charge in [0.1, 0.15) is 7.05 Å². The lowest BCUT2D eigenvalue weighted by molar-refractivity contribution is -0.660. The molecule has 2 aromatic rings. The molecule has 1 saturated carbocycles. The summed E-state index contributed by atoms with van der Waals surface area (Å²) in [6, 6.07) is 13.3. The van der Waals surface area contributed by atoms with Gasteiger partial charge in [-0.15, -0.1) is 0 Å². The Labute approximate surface area is 128 Å². The Balaban J connectivity index is 1.97. The topological polar surface area (TPSA) is 3.88 Å². The molecule has 1 heterocycles. The fraction of sp³-hybridized carbons (Fsp3) is 0.450. The highest BCUT2D eigenvalue weighted by Gasteiger charge is 2.21. The van der Waals surface area contributed by atoms with Crippen molar-refractivity contribution in [1.82, 2.24) is 0 Å². The number of rotatable bonds is 3. The summed E-state index contributed by atoms with van der Waals surface area (Å²) in [5.41, 5.74) is 5.66. The lowest BCUT2D eigenvalue weighted by Gasteiger charge is -2.22. The monoisotopic (exact) mass is 280 g/mol. The molecule has 21 heavy (non-hydrogen) atoms. The van der Waals surface area contributed by atoms with Crippen LogP contribution in [0.5, 0.6) is 0 Å². The molecule has 0 N–H and O–H groups in total. The van der Waals surface area contributed by atoms with E-state index >= 15 is 0 Å². The predicted molar refractivity (Wildman–Crippen MR) is 88.1 cm³/mol. The number of aromatic nitrogens is 1. The highest BCUT2D eigenvalue weighted by atomic mass is 14.9. The molecule has 1 nitrogen and oxygen atoms in total. The van der Waals surface area contributed by atoms with Gasteiger partial charge in [-0.3, -0.25) is 0 Å². The summed E-state index contributed by atoms with van der Waals surface area (Å²) in [6.07, 6.45) is 10.5. The molecule has 0 atom stereocenters. The van der Waals surface area contributed by atoms with E-state index in [0.29, 0.717) is 0 Å². The zero-order valence-electron chi connectivity index (χ0n) is 13.3. The Bertz CT molecular complexity index is 609. The van der Waals surface area contributed by atoms with Crippen molar-refractivity contribution in [1.29, 1.82) is 0 Å². The lowest BCUT2D eigenvalue weighted by atomic mass is 9.83. The zero-order chi connectivity index (χ0) is 14.7. The van der Waals surface area contributed by atoms with Gasteiger partial charge in [-0.1, -0.05) is 50.3 Å². The van der Waals surface area contributed by atoms with Crippen LogP contribution in [0, 0.1) is 12.8 Å². The van der Waals surface area contributed by atoms with Gasteiger partial charge in [0.15, 0.2) is 6.20 Å². The first kappa shape index (κ1) is 14.3. The molecule has 1 aromatic heterocycles. The molecule has 0 saturated heterocycles. The maximum Gasteiger partial charge on any atom is 0.215 e. The molecule has 0 bridgehead atoms. The highest BCUT2D eigenvalue weighted by Crippen LogP contribution is 2.30. The molecule has 0 unspecified atom stereocenters. The summed E-state index contributed by atoms with van der Waals surface area (Å²) in [5, 5.41) is 0. The van der Waals surface area contributed by atoms with Crippen LogP contribution in [0.2, 0.25) is 0 Å². The summed E-state index contributed by atoms with van der Waals surface area (Å²) in [7, 11) is 2.17. The van der Waals surface area contributed by atoms with E-state index in [1.807, 2.05) is 0 Å². The molecular formula is C20H26N+. The average molecular weight is 280 g/mol. The molecule has 1 aromatic carbocycles. The van der Waals surface area contributed by atoms with Crippen LogP contribution < -0.4 is 4.57 Å². The Morgan fingerprint density at radius 2 is 1.76 bits per heavy atom. The minimum absolute atomic E-state index is 0.879. The number of benzene rings is 1. The zero-order valence-corrected chi connectivity index (χ0v) is 13.3. The van der Waals surface area contributed by atoms with Gasteiger partial charge in [-0.2, -0.15) is 0 Å². The molecule has 0 spiro atoms. The van der Waals surface area contributed by atoms with Crippen LogP contribution in [0.25, 0.3) is 11.3 Å². The van der Waals surface area contributed by atoms with Crippen LogP contribution in [0.4, 0.5) is 0 Å². The fourth-order valence-corrected chi connectivity index (χ4v) is 3.74. The Morgan fingerprint density at radius 1 is 1.00 bits per heavy atom. The second kappa shape index (κ2) is 6.43. The molecule has 3 rings (SSSR count). The van der Waals surface area contributed by atoms with E-state index in [9.17, 15) is 0 Å². The smallest absolute Gasteiger partial charge is 0.201 e. The fourth-order valence-electron chi connectivity index (χ4n) is 3.74. The first-order chi connectivity index (χ1) is 10.3. The van der Waals surface area contributed by atoms with Crippen molar-refractivity contribution in [2.75, 3.05) is 0 Å². The Kier molecular flexibility index (Phi) is 4.38.